The number of aliphatic hydroxyl groups is 5. The van der Waals surface area contributed by atoms with E-state index in [1.807, 2.05) is 0 Å². The first-order valence-corrected chi connectivity index (χ1v) is 3.56. The fraction of sp³-hybridized carbons (Fsp3) is 1.00. The summed E-state index contributed by atoms with van der Waals surface area (Å²) in [7, 11) is 0. The molecular weight excluding hydrogens is 168 g/mol. The van der Waals surface area contributed by atoms with Gasteiger partial charge in [0.25, 0.3) is 0 Å². The lowest BCUT2D eigenvalue weighted by Crippen LogP contribution is -2.58. The molecule has 5 atom stereocenters. The van der Waals surface area contributed by atoms with Crippen LogP contribution < -0.4 is 0 Å². The van der Waals surface area contributed by atoms with Crippen LogP contribution in [0.4, 0.5) is 0 Å². The Hall–Kier alpha value is -0.240. The van der Waals surface area contributed by atoms with Gasteiger partial charge in [0, 0.05) is 0 Å². The van der Waals surface area contributed by atoms with Crippen molar-refractivity contribution in [2.75, 3.05) is 6.61 Å². The van der Waals surface area contributed by atoms with Crippen molar-refractivity contribution in [1.82, 2.24) is 0 Å². The van der Waals surface area contributed by atoms with E-state index in [9.17, 15) is 0 Å². The molecule has 1 heterocycles. The molecule has 72 valence electrons. The molecule has 0 radical (unpaired) electrons. The van der Waals surface area contributed by atoms with E-state index in [1.54, 1.807) is 0 Å². The average molecular weight is 180 g/mol. The van der Waals surface area contributed by atoms with Crippen LogP contribution in [0.5, 0.6) is 0 Å². The minimum absolute atomic E-state index is 0.526. The van der Waals surface area contributed by atoms with Gasteiger partial charge >= 0.3 is 0 Å². The van der Waals surface area contributed by atoms with Crippen molar-refractivity contribution < 1.29 is 30.3 Å². The summed E-state index contributed by atoms with van der Waals surface area (Å²) in [6, 6.07) is 0. The highest BCUT2D eigenvalue weighted by molar-refractivity contribution is 4.87. The predicted molar refractivity (Wildman–Crippen MR) is 36.0 cm³/mol. The normalized spacial score (nSPS) is 49.2. The molecule has 0 bridgehead atoms. The number of aliphatic hydroxyl groups excluding tert-OH is 5. The van der Waals surface area contributed by atoms with Crippen molar-refractivity contribution in [2.24, 2.45) is 0 Å². The highest BCUT2D eigenvalue weighted by atomic mass is 16.6. The van der Waals surface area contributed by atoms with Crippen molar-refractivity contribution in [1.29, 1.82) is 0 Å². The van der Waals surface area contributed by atoms with Crippen molar-refractivity contribution in [3.8, 4) is 0 Å². The summed E-state index contributed by atoms with van der Waals surface area (Å²) in [6.45, 7) is -0.526. The van der Waals surface area contributed by atoms with Crippen molar-refractivity contribution in [2.45, 2.75) is 30.7 Å². The molecule has 1 saturated heterocycles. The molecule has 0 saturated carbocycles. The van der Waals surface area contributed by atoms with Crippen LogP contribution in [-0.4, -0.2) is 62.8 Å². The molecule has 0 amide bonds. The van der Waals surface area contributed by atoms with Gasteiger partial charge in [-0.25, -0.2) is 0 Å². The van der Waals surface area contributed by atoms with Crippen LogP contribution in [0, 0.1) is 0 Å². The van der Waals surface area contributed by atoms with E-state index < -0.39 is 37.3 Å². The Morgan fingerprint density at radius 2 is 1.50 bits per heavy atom. The molecule has 0 spiro atoms. The minimum Gasteiger partial charge on any atom is -0.394 e. The maximum atomic E-state index is 9.12. The quantitative estimate of drug-likeness (QED) is 0.290. The van der Waals surface area contributed by atoms with Gasteiger partial charge < -0.3 is 30.3 Å². The first-order valence-electron chi connectivity index (χ1n) is 3.56. The van der Waals surface area contributed by atoms with E-state index in [0.29, 0.717) is 0 Å². The second-order valence-electron chi connectivity index (χ2n) is 2.72. The van der Waals surface area contributed by atoms with Gasteiger partial charge in [-0.3, -0.25) is 0 Å². The predicted octanol–water partition coefficient (Wildman–Crippen LogP) is -3.22. The SMILES string of the molecule is OC[C@@H]1OC(O)C(O)C(O)[C@H]1O. The van der Waals surface area contributed by atoms with Gasteiger partial charge in [-0.15, -0.1) is 0 Å². The molecule has 0 aliphatic carbocycles. The van der Waals surface area contributed by atoms with Crippen LogP contribution in [-0.2, 0) is 4.74 Å². The molecule has 6 nitrogen and oxygen atoms in total. The molecule has 3 unspecified atom stereocenters. The number of rotatable bonds is 1. The Morgan fingerprint density at radius 3 is 2.00 bits per heavy atom. The van der Waals surface area contributed by atoms with Crippen LogP contribution in [0.15, 0.2) is 0 Å². The first-order chi connectivity index (χ1) is 5.57. The first kappa shape index (κ1) is 9.85. The zero-order valence-corrected chi connectivity index (χ0v) is 6.24. The fourth-order valence-corrected chi connectivity index (χ4v) is 1.08. The van der Waals surface area contributed by atoms with Gasteiger partial charge in [0.1, 0.15) is 24.4 Å². The fourth-order valence-electron chi connectivity index (χ4n) is 1.08. The van der Waals surface area contributed by atoms with Crippen LogP contribution in [0.1, 0.15) is 0 Å². The van der Waals surface area contributed by atoms with E-state index in [-0.39, 0.29) is 0 Å². The Balaban J connectivity index is 2.63. The average Bonchev–Trinajstić information content (AvgIpc) is 2.08. The van der Waals surface area contributed by atoms with E-state index in [2.05, 4.69) is 4.74 Å². The summed E-state index contributed by atoms with van der Waals surface area (Å²) in [6.07, 6.45) is -7.04. The lowest BCUT2D eigenvalue weighted by atomic mass is 10.00. The summed E-state index contributed by atoms with van der Waals surface area (Å²) in [5.74, 6) is 0. The standard InChI is InChI=1S/C6H12O6/c7-1-2-3(8)4(9)5(10)6(11)12-2/h2-11H,1H2/t2-,3-,4?,5?,6?/m0/s1. The van der Waals surface area contributed by atoms with Gasteiger partial charge in [-0.05, 0) is 0 Å². The molecule has 5 N–H and O–H groups in total. The molecule has 1 fully saturated rings. The van der Waals surface area contributed by atoms with Crippen LogP contribution in [0.2, 0.25) is 0 Å². The van der Waals surface area contributed by atoms with Crippen LogP contribution in [0.25, 0.3) is 0 Å². The highest BCUT2D eigenvalue weighted by Crippen LogP contribution is 2.18. The topological polar surface area (TPSA) is 110 Å². The van der Waals surface area contributed by atoms with Crippen LogP contribution >= 0.6 is 0 Å². The molecule has 0 aromatic rings. The van der Waals surface area contributed by atoms with Crippen molar-refractivity contribution >= 4 is 0 Å². The maximum absolute atomic E-state index is 9.12. The van der Waals surface area contributed by atoms with Gasteiger partial charge in [-0.2, -0.15) is 0 Å². The summed E-state index contributed by atoms with van der Waals surface area (Å²) >= 11 is 0. The molecular formula is C6H12O6. The molecule has 6 heteroatoms. The van der Waals surface area contributed by atoms with E-state index in [4.69, 9.17) is 25.5 Å². The van der Waals surface area contributed by atoms with Crippen molar-refractivity contribution in [3.05, 3.63) is 0 Å². The Bertz CT molecular complexity index is 146. The number of hydrogen-bond donors (Lipinski definition) is 5. The molecule has 0 aromatic carbocycles. The van der Waals surface area contributed by atoms with E-state index >= 15 is 0 Å². The third-order valence-electron chi connectivity index (χ3n) is 1.87. The second-order valence-corrected chi connectivity index (χ2v) is 2.72. The monoisotopic (exact) mass is 180 g/mol. The lowest BCUT2D eigenvalue weighted by Gasteiger charge is -2.37. The molecule has 1 rings (SSSR count). The summed E-state index contributed by atoms with van der Waals surface area (Å²) in [5, 5.41) is 44.7. The largest absolute Gasteiger partial charge is 0.394 e. The van der Waals surface area contributed by atoms with Gasteiger partial charge in [0.15, 0.2) is 6.29 Å². The highest BCUT2D eigenvalue weighted by Gasteiger charge is 2.42. The Kier molecular flexibility index (Phi) is 2.99. The van der Waals surface area contributed by atoms with Gasteiger partial charge in [0.05, 0.1) is 6.61 Å². The Morgan fingerprint density at radius 1 is 0.917 bits per heavy atom. The van der Waals surface area contributed by atoms with Gasteiger partial charge in [-0.1, -0.05) is 0 Å². The number of ether oxygens (including phenoxy) is 1. The smallest absolute Gasteiger partial charge is 0.184 e. The van der Waals surface area contributed by atoms with Crippen LogP contribution in [0.3, 0.4) is 0 Å². The summed E-state index contributed by atoms with van der Waals surface area (Å²) < 4.78 is 4.58. The lowest BCUT2D eigenvalue weighted by molar-refractivity contribution is -0.286. The molecule has 12 heavy (non-hydrogen) atoms. The maximum Gasteiger partial charge on any atom is 0.184 e. The van der Waals surface area contributed by atoms with Crippen molar-refractivity contribution in [3.63, 3.8) is 0 Å². The summed E-state index contributed by atoms with van der Waals surface area (Å²) in [5.41, 5.74) is 0. The molecule has 1 aliphatic heterocycles. The molecule has 0 aromatic heterocycles. The van der Waals surface area contributed by atoms with Gasteiger partial charge in [0.2, 0.25) is 0 Å². The van der Waals surface area contributed by atoms with E-state index in [0.717, 1.165) is 0 Å². The van der Waals surface area contributed by atoms with E-state index in [1.165, 1.54) is 0 Å². The third-order valence-corrected chi connectivity index (χ3v) is 1.87. The zero-order chi connectivity index (χ0) is 9.30. The molecule has 1 aliphatic rings. The number of hydrogen-bond acceptors (Lipinski definition) is 6. The zero-order valence-electron chi connectivity index (χ0n) is 6.24. The minimum atomic E-state index is -1.57. The Labute approximate surface area is 68.6 Å². The third kappa shape index (κ3) is 1.58. The summed E-state index contributed by atoms with van der Waals surface area (Å²) in [4.78, 5) is 0. The second kappa shape index (κ2) is 3.65.